The summed E-state index contributed by atoms with van der Waals surface area (Å²) >= 11 is 0. The first kappa shape index (κ1) is 24.1. The standard InChI is InChI=1S/C25H21F4N3O3/c1-31-12-15-4-3-14(24(33)30-11-19-20(28)8-18(27)9-21(19)29)7-22(15)32(25(31)34)13-16-5-6-17(26)10-23(16)35-2/h3-10H,11-13H2,1-2H3,(H,30,33). The van der Waals surface area contributed by atoms with Crippen molar-refractivity contribution in [2.75, 3.05) is 19.1 Å². The summed E-state index contributed by atoms with van der Waals surface area (Å²) in [5.74, 6) is -4.13. The number of hydrogen-bond acceptors (Lipinski definition) is 3. The third-order valence-corrected chi connectivity index (χ3v) is 5.71. The Hall–Kier alpha value is -4.08. The molecule has 0 radical (unpaired) electrons. The number of halogens is 4. The maximum Gasteiger partial charge on any atom is 0.324 e. The zero-order chi connectivity index (χ0) is 25.3. The summed E-state index contributed by atoms with van der Waals surface area (Å²) in [5.41, 5.74) is 1.46. The first-order valence-electron chi connectivity index (χ1n) is 10.6. The molecule has 0 unspecified atom stereocenters. The maximum atomic E-state index is 13.9. The molecule has 10 heteroatoms. The van der Waals surface area contributed by atoms with Crippen molar-refractivity contribution in [1.29, 1.82) is 0 Å². The third kappa shape index (κ3) is 4.91. The fraction of sp³-hybridized carbons (Fsp3) is 0.200. The molecule has 3 amide bonds. The summed E-state index contributed by atoms with van der Waals surface area (Å²) in [6, 6.07) is 9.44. The second-order valence-electron chi connectivity index (χ2n) is 8.06. The molecule has 3 aromatic carbocycles. The number of ether oxygens (including phenoxy) is 1. The Morgan fingerprint density at radius 3 is 2.40 bits per heavy atom. The Kier molecular flexibility index (Phi) is 6.63. The van der Waals surface area contributed by atoms with Crippen molar-refractivity contribution in [3.63, 3.8) is 0 Å². The van der Waals surface area contributed by atoms with Gasteiger partial charge >= 0.3 is 6.03 Å². The van der Waals surface area contributed by atoms with Gasteiger partial charge in [0.25, 0.3) is 5.91 Å². The van der Waals surface area contributed by atoms with Gasteiger partial charge in [-0.25, -0.2) is 22.4 Å². The number of nitrogens with one attached hydrogen (secondary N) is 1. The van der Waals surface area contributed by atoms with E-state index < -0.39 is 41.3 Å². The summed E-state index contributed by atoms with van der Waals surface area (Å²) in [5, 5.41) is 2.42. The quantitative estimate of drug-likeness (QED) is 0.511. The average molecular weight is 487 g/mol. The molecule has 35 heavy (non-hydrogen) atoms. The molecule has 0 atom stereocenters. The minimum absolute atomic E-state index is 0.0523. The van der Waals surface area contributed by atoms with Gasteiger partial charge < -0.3 is 15.0 Å². The second-order valence-corrected chi connectivity index (χ2v) is 8.06. The van der Waals surface area contributed by atoms with Crippen molar-refractivity contribution < 1.29 is 31.9 Å². The molecule has 4 rings (SSSR count). The van der Waals surface area contributed by atoms with Crippen LogP contribution < -0.4 is 15.0 Å². The van der Waals surface area contributed by atoms with Crippen LogP contribution in [0.5, 0.6) is 5.75 Å². The van der Waals surface area contributed by atoms with E-state index in [4.69, 9.17) is 4.74 Å². The molecule has 0 aliphatic carbocycles. The van der Waals surface area contributed by atoms with Gasteiger partial charge in [-0.15, -0.1) is 0 Å². The fourth-order valence-electron chi connectivity index (χ4n) is 3.91. The molecule has 0 fully saturated rings. The van der Waals surface area contributed by atoms with Crippen molar-refractivity contribution in [2.24, 2.45) is 0 Å². The SMILES string of the molecule is COc1cc(F)ccc1CN1C(=O)N(C)Cc2ccc(C(=O)NCc3c(F)cc(F)cc3F)cc21. The molecule has 0 saturated heterocycles. The minimum Gasteiger partial charge on any atom is -0.496 e. The van der Waals surface area contributed by atoms with Crippen molar-refractivity contribution in [1.82, 2.24) is 10.2 Å². The highest BCUT2D eigenvalue weighted by molar-refractivity contribution is 5.99. The van der Waals surface area contributed by atoms with Crippen LogP contribution >= 0.6 is 0 Å². The van der Waals surface area contributed by atoms with Crippen LogP contribution in [0.3, 0.4) is 0 Å². The van der Waals surface area contributed by atoms with Crippen LogP contribution in [0.2, 0.25) is 0 Å². The molecule has 1 aliphatic rings. The average Bonchev–Trinajstić information content (AvgIpc) is 2.81. The van der Waals surface area contributed by atoms with Gasteiger partial charge in [-0.05, 0) is 23.8 Å². The summed E-state index contributed by atoms with van der Waals surface area (Å²) < 4.78 is 59.8. The van der Waals surface area contributed by atoms with E-state index in [1.54, 1.807) is 13.1 Å². The van der Waals surface area contributed by atoms with Crippen LogP contribution in [-0.4, -0.2) is 31.0 Å². The predicted octanol–water partition coefficient (Wildman–Crippen LogP) is 4.75. The topological polar surface area (TPSA) is 61.9 Å². The van der Waals surface area contributed by atoms with E-state index >= 15 is 0 Å². The molecule has 3 aromatic rings. The van der Waals surface area contributed by atoms with Gasteiger partial charge in [0.05, 0.1) is 19.3 Å². The van der Waals surface area contributed by atoms with Gasteiger partial charge in [0.1, 0.15) is 29.0 Å². The van der Waals surface area contributed by atoms with Crippen molar-refractivity contribution in [3.05, 3.63) is 94.1 Å². The van der Waals surface area contributed by atoms with E-state index in [0.717, 1.165) is 5.56 Å². The van der Waals surface area contributed by atoms with E-state index in [2.05, 4.69) is 5.32 Å². The van der Waals surface area contributed by atoms with Crippen LogP contribution in [0, 0.1) is 23.3 Å². The van der Waals surface area contributed by atoms with Gasteiger partial charge in [-0.1, -0.05) is 12.1 Å². The lowest BCUT2D eigenvalue weighted by Crippen LogP contribution is -2.45. The van der Waals surface area contributed by atoms with E-state index in [0.29, 0.717) is 29.9 Å². The normalized spacial score (nSPS) is 13.0. The zero-order valence-electron chi connectivity index (χ0n) is 18.9. The maximum absolute atomic E-state index is 13.9. The van der Waals surface area contributed by atoms with E-state index in [9.17, 15) is 27.2 Å². The summed E-state index contributed by atoms with van der Waals surface area (Å²) in [6.07, 6.45) is 0. The lowest BCUT2D eigenvalue weighted by molar-refractivity contribution is 0.0950. The molecule has 0 saturated carbocycles. The highest BCUT2D eigenvalue weighted by Gasteiger charge is 2.30. The number of fused-ring (bicyclic) bond motifs is 1. The number of amides is 3. The number of urea groups is 1. The molecule has 0 bridgehead atoms. The molecule has 1 aliphatic heterocycles. The molecule has 0 spiro atoms. The molecule has 182 valence electrons. The number of anilines is 1. The minimum atomic E-state index is -1.11. The van der Waals surface area contributed by atoms with Gasteiger partial charge in [-0.3, -0.25) is 9.69 Å². The number of carbonyl (C=O) groups excluding carboxylic acids is 2. The Morgan fingerprint density at radius 2 is 1.71 bits per heavy atom. The van der Waals surface area contributed by atoms with Gasteiger partial charge in [0, 0.05) is 55.0 Å². The Balaban J connectivity index is 1.61. The number of rotatable bonds is 6. The third-order valence-electron chi connectivity index (χ3n) is 5.71. The van der Waals surface area contributed by atoms with Crippen LogP contribution in [0.1, 0.15) is 27.0 Å². The largest absolute Gasteiger partial charge is 0.496 e. The van der Waals surface area contributed by atoms with E-state index in [1.165, 1.54) is 47.2 Å². The van der Waals surface area contributed by atoms with Crippen molar-refractivity contribution >= 4 is 17.6 Å². The Labute approximate surface area is 198 Å². The van der Waals surface area contributed by atoms with Crippen molar-refractivity contribution in [2.45, 2.75) is 19.6 Å². The highest BCUT2D eigenvalue weighted by Crippen LogP contribution is 2.32. The lowest BCUT2D eigenvalue weighted by Gasteiger charge is -2.35. The molecular weight excluding hydrogens is 466 g/mol. The first-order chi connectivity index (χ1) is 16.7. The monoisotopic (exact) mass is 487 g/mol. The number of carbonyl (C=O) groups is 2. The second kappa shape index (κ2) is 9.65. The molecule has 6 nitrogen and oxygen atoms in total. The van der Waals surface area contributed by atoms with Crippen LogP contribution in [0.15, 0.2) is 48.5 Å². The summed E-state index contributed by atoms with van der Waals surface area (Å²) in [7, 11) is 3.03. The van der Waals surface area contributed by atoms with Crippen molar-refractivity contribution in [3.8, 4) is 5.75 Å². The van der Waals surface area contributed by atoms with E-state index in [1.807, 2.05) is 0 Å². The number of nitrogens with zero attached hydrogens (tertiary/aromatic N) is 2. The number of methoxy groups -OCH3 is 1. The summed E-state index contributed by atoms with van der Waals surface area (Å²) in [6.45, 7) is -0.137. The smallest absolute Gasteiger partial charge is 0.324 e. The van der Waals surface area contributed by atoms with Gasteiger partial charge in [0.2, 0.25) is 0 Å². The predicted molar refractivity (Wildman–Crippen MR) is 120 cm³/mol. The summed E-state index contributed by atoms with van der Waals surface area (Å²) in [4.78, 5) is 28.6. The number of hydrogen-bond donors (Lipinski definition) is 1. The molecule has 0 aromatic heterocycles. The van der Waals surface area contributed by atoms with Crippen LogP contribution in [-0.2, 0) is 19.6 Å². The first-order valence-corrected chi connectivity index (χ1v) is 10.6. The molecule has 1 heterocycles. The molecule has 1 N–H and O–H groups in total. The Bertz CT molecular complexity index is 1290. The highest BCUT2D eigenvalue weighted by atomic mass is 19.1. The molecular formula is C25H21F4N3O3. The lowest BCUT2D eigenvalue weighted by atomic mass is 10.0. The number of benzene rings is 3. The van der Waals surface area contributed by atoms with Crippen LogP contribution in [0.4, 0.5) is 28.0 Å². The Morgan fingerprint density at radius 1 is 1.00 bits per heavy atom. The fourth-order valence-corrected chi connectivity index (χ4v) is 3.91. The van der Waals surface area contributed by atoms with E-state index in [-0.39, 0.29) is 23.9 Å². The van der Waals surface area contributed by atoms with Crippen LogP contribution in [0.25, 0.3) is 0 Å². The van der Waals surface area contributed by atoms with Gasteiger partial charge in [-0.2, -0.15) is 0 Å². The zero-order valence-corrected chi connectivity index (χ0v) is 18.9. The van der Waals surface area contributed by atoms with Gasteiger partial charge in [0.15, 0.2) is 0 Å².